The Morgan fingerprint density at radius 1 is 1.57 bits per heavy atom. The Morgan fingerprint density at radius 2 is 2.26 bits per heavy atom. The van der Waals surface area contributed by atoms with Crippen molar-refractivity contribution in [2.24, 2.45) is 7.05 Å². The highest BCUT2D eigenvalue weighted by Crippen LogP contribution is 2.40. The molecule has 1 aliphatic heterocycles. The number of rotatable bonds is 5. The van der Waals surface area contributed by atoms with E-state index < -0.39 is 42.1 Å². The fourth-order valence-corrected chi connectivity index (χ4v) is 2.52. The molecule has 1 aliphatic rings. The molecule has 1 aromatic rings. The van der Waals surface area contributed by atoms with Gasteiger partial charge in [-0.1, -0.05) is 0 Å². The summed E-state index contributed by atoms with van der Waals surface area (Å²) in [4.78, 5) is 15.3. The molecule has 3 N–H and O–H groups in total. The number of carbonyl (C=O) groups is 1. The number of aliphatic hydroxyl groups is 1. The first-order valence-corrected chi connectivity index (χ1v) is 7.05. The largest absolute Gasteiger partial charge is 0.424 e. The molecule has 2 atom stereocenters. The molecule has 0 spiro atoms. The standard InChI is InChI=1S/C13H18F4N4O2/c1-21-7-6-19-9(21)12(23,13(15,16)17)3-5-20-10(22)11(14)2-4-18-8-11/h6-7,18,23H,2-5,8H2,1H3,(H,20,22)/t11-,12-/m0/s1. The summed E-state index contributed by atoms with van der Waals surface area (Å²) < 4.78 is 54.9. The molecule has 6 nitrogen and oxygen atoms in total. The summed E-state index contributed by atoms with van der Waals surface area (Å²) in [6, 6.07) is 0. The lowest BCUT2D eigenvalue weighted by atomic mass is 9.97. The van der Waals surface area contributed by atoms with Gasteiger partial charge in [-0.3, -0.25) is 4.79 Å². The average Bonchev–Trinajstić information content (AvgIpc) is 3.07. The van der Waals surface area contributed by atoms with E-state index >= 15 is 0 Å². The van der Waals surface area contributed by atoms with Gasteiger partial charge < -0.3 is 20.3 Å². The van der Waals surface area contributed by atoms with Crippen LogP contribution in [0.15, 0.2) is 12.4 Å². The molecule has 10 heteroatoms. The van der Waals surface area contributed by atoms with E-state index in [4.69, 9.17) is 0 Å². The number of hydrogen-bond acceptors (Lipinski definition) is 4. The minimum Gasteiger partial charge on any atom is -0.374 e. The van der Waals surface area contributed by atoms with E-state index in [1.54, 1.807) is 0 Å². The predicted octanol–water partition coefficient (Wildman–Crippen LogP) is 0.378. The van der Waals surface area contributed by atoms with Crippen LogP contribution in [-0.2, 0) is 17.4 Å². The van der Waals surface area contributed by atoms with Crippen LogP contribution in [-0.4, -0.2) is 52.0 Å². The van der Waals surface area contributed by atoms with Gasteiger partial charge in [0.05, 0.1) is 0 Å². The first-order valence-electron chi connectivity index (χ1n) is 7.05. The number of hydrogen-bond donors (Lipinski definition) is 3. The highest BCUT2D eigenvalue weighted by atomic mass is 19.4. The summed E-state index contributed by atoms with van der Waals surface area (Å²) in [7, 11) is 1.32. The second kappa shape index (κ2) is 6.08. The lowest BCUT2D eigenvalue weighted by Gasteiger charge is -2.30. The topological polar surface area (TPSA) is 79.2 Å². The number of alkyl halides is 4. The Kier molecular flexibility index (Phi) is 4.67. The van der Waals surface area contributed by atoms with E-state index in [0.717, 1.165) is 10.8 Å². The summed E-state index contributed by atoms with van der Waals surface area (Å²) in [5, 5.41) is 14.9. The molecule has 0 saturated carbocycles. The van der Waals surface area contributed by atoms with E-state index in [0.29, 0.717) is 6.54 Å². The van der Waals surface area contributed by atoms with Crippen molar-refractivity contribution < 1.29 is 27.5 Å². The minimum absolute atomic E-state index is 0.0399. The maximum atomic E-state index is 14.1. The Balaban J connectivity index is 2.06. The summed E-state index contributed by atoms with van der Waals surface area (Å²) in [6.07, 6.45) is -3.49. The zero-order valence-electron chi connectivity index (χ0n) is 12.5. The van der Waals surface area contributed by atoms with Crippen LogP contribution < -0.4 is 10.6 Å². The van der Waals surface area contributed by atoms with Crippen LogP contribution in [0.25, 0.3) is 0 Å². The second-order valence-corrected chi connectivity index (χ2v) is 5.62. The number of aryl methyl sites for hydroxylation is 1. The third-order valence-corrected chi connectivity index (χ3v) is 3.94. The van der Waals surface area contributed by atoms with Crippen molar-refractivity contribution in [3.05, 3.63) is 18.2 Å². The molecule has 0 bridgehead atoms. The monoisotopic (exact) mass is 338 g/mol. The normalized spacial score (nSPS) is 24.4. The van der Waals surface area contributed by atoms with Crippen LogP contribution >= 0.6 is 0 Å². The molecule has 0 unspecified atom stereocenters. The molecule has 23 heavy (non-hydrogen) atoms. The number of aromatic nitrogens is 2. The van der Waals surface area contributed by atoms with Crippen LogP contribution in [0.5, 0.6) is 0 Å². The number of amides is 1. The van der Waals surface area contributed by atoms with Gasteiger partial charge in [0.2, 0.25) is 11.3 Å². The van der Waals surface area contributed by atoms with E-state index in [1.165, 1.54) is 13.2 Å². The van der Waals surface area contributed by atoms with E-state index in [1.807, 2.05) is 0 Å². The van der Waals surface area contributed by atoms with Gasteiger partial charge in [-0.2, -0.15) is 13.2 Å². The van der Waals surface area contributed by atoms with Crippen LogP contribution in [0.2, 0.25) is 0 Å². The summed E-state index contributed by atoms with van der Waals surface area (Å²) >= 11 is 0. The molecule has 0 aromatic carbocycles. The quantitative estimate of drug-likeness (QED) is 0.678. The molecular formula is C13H18F4N4O2. The third-order valence-electron chi connectivity index (χ3n) is 3.94. The summed E-state index contributed by atoms with van der Waals surface area (Å²) in [5.41, 5.74) is -5.35. The van der Waals surface area contributed by atoms with E-state index in [-0.39, 0.29) is 13.0 Å². The number of imidazole rings is 1. The van der Waals surface area contributed by atoms with Crippen LogP contribution in [0, 0.1) is 0 Å². The predicted molar refractivity (Wildman–Crippen MR) is 72.1 cm³/mol. The molecule has 2 heterocycles. The van der Waals surface area contributed by atoms with Crippen molar-refractivity contribution in [3.8, 4) is 0 Å². The SMILES string of the molecule is Cn1ccnc1[C@@](O)(CCNC(=O)[C@]1(F)CCNC1)C(F)(F)F. The minimum atomic E-state index is -4.99. The van der Waals surface area contributed by atoms with Gasteiger partial charge in [0.25, 0.3) is 5.91 Å². The molecular weight excluding hydrogens is 320 g/mol. The van der Waals surface area contributed by atoms with Crippen LogP contribution in [0.1, 0.15) is 18.7 Å². The molecule has 2 rings (SSSR count). The second-order valence-electron chi connectivity index (χ2n) is 5.62. The average molecular weight is 338 g/mol. The van der Waals surface area contributed by atoms with Gasteiger partial charge in [0, 0.05) is 45.4 Å². The van der Waals surface area contributed by atoms with Gasteiger partial charge in [0.15, 0.2) is 0 Å². The Labute approximate surface area is 129 Å². The molecule has 0 aliphatic carbocycles. The lowest BCUT2D eigenvalue weighted by Crippen LogP contribution is -2.49. The Hall–Kier alpha value is -1.68. The molecule has 1 aromatic heterocycles. The smallest absolute Gasteiger partial charge is 0.374 e. The molecule has 1 amide bonds. The Morgan fingerprint density at radius 3 is 2.74 bits per heavy atom. The van der Waals surface area contributed by atoms with Crippen LogP contribution in [0.4, 0.5) is 17.6 Å². The maximum absolute atomic E-state index is 14.1. The van der Waals surface area contributed by atoms with Crippen molar-refractivity contribution >= 4 is 5.91 Å². The number of carbonyl (C=O) groups excluding carboxylic acids is 1. The third kappa shape index (κ3) is 3.32. The zero-order chi connectivity index (χ0) is 17.3. The van der Waals surface area contributed by atoms with Crippen LogP contribution in [0.3, 0.4) is 0 Å². The lowest BCUT2D eigenvalue weighted by molar-refractivity contribution is -0.272. The van der Waals surface area contributed by atoms with Gasteiger partial charge in [-0.25, -0.2) is 9.37 Å². The van der Waals surface area contributed by atoms with Crippen molar-refractivity contribution in [1.82, 2.24) is 20.2 Å². The van der Waals surface area contributed by atoms with Gasteiger partial charge >= 0.3 is 6.18 Å². The number of halogens is 4. The molecule has 130 valence electrons. The first-order chi connectivity index (χ1) is 10.6. The zero-order valence-corrected chi connectivity index (χ0v) is 12.5. The number of nitrogens with one attached hydrogen (secondary N) is 2. The fourth-order valence-electron chi connectivity index (χ4n) is 2.52. The van der Waals surface area contributed by atoms with Gasteiger partial charge in [-0.15, -0.1) is 0 Å². The molecule has 0 radical (unpaired) electrons. The van der Waals surface area contributed by atoms with Gasteiger partial charge in [-0.05, 0) is 6.54 Å². The van der Waals surface area contributed by atoms with E-state index in [2.05, 4.69) is 15.6 Å². The summed E-state index contributed by atoms with van der Waals surface area (Å²) in [5.74, 6) is -1.57. The first kappa shape index (κ1) is 17.7. The maximum Gasteiger partial charge on any atom is 0.424 e. The summed E-state index contributed by atoms with van der Waals surface area (Å²) in [6.45, 7) is -0.390. The molecule has 1 saturated heterocycles. The van der Waals surface area contributed by atoms with Crippen molar-refractivity contribution in [1.29, 1.82) is 0 Å². The Bertz CT molecular complexity index is 569. The van der Waals surface area contributed by atoms with Crippen molar-refractivity contribution in [2.45, 2.75) is 30.3 Å². The number of nitrogens with zero attached hydrogens (tertiary/aromatic N) is 2. The van der Waals surface area contributed by atoms with E-state index in [9.17, 15) is 27.5 Å². The van der Waals surface area contributed by atoms with Crippen molar-refractivity contribution in [3.63, 3.8) is 0 Å². The van der Waals surface area contributed by atoms with Crippen molar-refractivity contribution in [2.75, 3.05) is 19.6 Å². The molecule has 1 fully saturated rings. The highest BCUT2D eigenvalue weighted by molar-refractivity contribution is 5.85. The fraction of sp³-hybridized carbons (Fsp3) is 0.692. The highest BCUT2D eigenvalue weighted by Gasteiger charge is 2.57. The van der Waals surface area contributed by atoms with Gasteiger partial charge in [0.1, 0.15) is 5.82 Å².